The lowest BCUT2D eigenvalue weighted by atomic mass is 9.95. The Balaban J connectivity index is 1.19. The number of morpholine rings is 1. The molecule has 0 bridgehead atoms. The van der Waals surface area contributed by atoms with E-state index in [1.165, 1.54) is 0 Å². The van der Waals surface area contributed by atoms with Gasteiger partial charge in [-0.25, -0.2) is 4.98 Å². The minimum atomic E-state index is 0.0984. The van der Waals surface area contributed by atoms with Gasteiger partial charge in [0.1, 0.15) is 12.4 Å². The highest BCUT2D eigenvalue weighted by atomic mass is 32.1. The molecule has 2 aromatic rings. The van der Waals surface area contributed by atoms with Crippen molar-refractivity contribution in [1.29, 1.82) is 0 Å². The van der Waals surface area contributed by atoms with Crippen LogP contribution in [0.25, 0.3) is 6.08 Å². The molecule has 0 radical (unpaired) electrons. The standard InChI is InChI=1S/C26H35N3O3S/c1-19-14-28(15-20(2)32-19)16-23-10-12-29(13-11-23)26(30)9-6-22-4-7-25(8-5-22)31-17-24-18-33-21(3)27-24/h4-9,18-20,23H,10-17H2,1-3H3/b9-6+. The van der Waals surface area contributed by atoms with Gasteiger partial charge in [-0.15, -0.1) is 11.3 Å². The maximum Gasteiger partial charge on any atom is 0.246 e. The van der Waals surface area contributed by atoms with Gasteiger partial charge in [-0.05, 0) is 63.3 Å². The second kappa shape index (κ2) is 11.3. The molecule has 2 atom stereocenters. The monoisotopic (exact) mass is 469 g/mol. The lowest BCUT2D eigenvalue weighted by molar-refractivity contribution is -0.127. The first-order valence-corrected chi connectivity index (χ1v) is 12.8. The highest BCUT2D eigenvalue weighted by molar-refractivity contribution is 7.09. The van der Waals surface area contributed by atoms with E-state index in [-0.39, 0.29) is 5.91 Å². The summed E-state index contributed by atoms with van der Waals surface area (Å²) in [5, 5.41) is 3.06. The molecule has 2 fully saturated rings. The summed E-state index contributed by atoms with van der Waals surface area (Å²) < 4.78 is 11.6. The number of aromatic nitrogens is 1. The Morgan fingerprint density at radius 2 is 1.88 bits per heavy atom. The number of piperidine rings is 1. The predicted octanol–water partition coefficient (Wildman–Crippen LogP) is 4.39. The number of rotatable bonds is 7. The first-order valence-electron chi connectivity index (χ1n) is 11.9. The quantitative estimate of drug-likeness (QED) is 0.563. The number of likely N-dealkylation sites (tertiary alicyclic amines) is 1. The number of carbonyl (C=O) groups is 1. The Bertz CT molecular complexity index is 925. The molecule has 3 heterocycles. The molecule has 1 aromatic carbocycles. The van der Waals surface area contributed by atoms with E-state index in [2.05, 4.69) is 23.7 Å². The number of hydrogen-bond donors (Lipinski definition) is 0. The highest BCUT2D eigenvalue weighted by Crippen LogP contribution is 2.22. The maximum atomic E-state index is 12.7. The van der Waals surface area contributed by atoms with Crippen molar-refractivity contribution in [2.45, 2.75) is 52.4 Å². The smallest absolute Gasteiger partial charge is 0.246 e. The second-order valence-corrected chi connectivity index (χ2v) is 10.4. The van der Waals surface area contributed by atoms with Crippen LogP contribution in [0.3, 0.4) is 0 Å². The van der Waals surface area contributed by atoms with Gasteiger partial charge < -0.3 is 14.4 Å². The van der Waals surface area contributed by atoms with E-state index in [1.54, 1.807) is 17.4 Å². The lowest BCUT2D eigenvalue weighted by Crippen LogP contribution is -2.48. The molecule has 2 saturated heterocycles. The van der Waals surface area contributed by atoms with Crippen LogP contribution in [-0.2, 0) is 16.1 Å². The number of ether oxygens (including phenoxy) is 2. The Morgan fingerprint density at radius 3 is 2.52 bits per heavy atom. The molecule has 1 aromatic heterocycles. The third kappa shape index (κ3) is 7.13. The van der Waals surface area contributed by atoms with Crippen LogP contribution in [0.15, 0.2) is 35.7 Å². The number of benzene rings is 1. The lowest BCUT2D eigenvalue weighted by Gasteiger charge is -2.39. The van der Waals surface area contributed by atoms with Crippen LogP contribution in [0, 0.1) is 12.8 Å². The molecule has 33 heavy (non-hydrogen) atoms. The summed E-state index contributed by atoms with van der Waals surface area (Å²) in [4.78, 5) is 21.6. The second-order valence-electron chi connectivity index (χ2n) is 9.29. The summed E-state index contributed by atoms with van der Waals surface area (Å²) >= 11 is 1.63. The molecule has 2 aliphatic rings. The Hall–Kier alpha value is -2.22. The molecular weight excluding hydrogens is 434 g/mol. The molecule has 2 unspecified atom stereocenters. The van der Waals surface area contributed by atoms with Gasteiger partial charge in [0.05, 0.1) is 22.9 Å². The average Bonchev–Trinajstić information content (AvgIpc) is 3.21. The van der Waals surface area contributed by atoms with E-state index >= 15 is 0 Å². The topological polar surface area (TPSA) is 54.9 Å². The van der Waals surface area contributed by atoms with Gasteiger partial charge in [-0.3, -0.25) is 9.69 Å². The van der Waals surface area contributed by atoms with Gasteiger partial charge >= 0.3 is 0 Å². The molecular formula is C26H35N3O3S. The highest BCUT2D eigenvalue weighted by Gasteiger charge is 2.27. The third-order valence-electron chi connectivity index (χ3n) is 6.29. The molecule has 7 heteroatoms. The van der Waals surface area contributed by atoms with Crippen LogP contribution < -0.4 is 4.74 Å². The van der Waals surface area contributed by atoms with Crippen molar-refractivity contribution in [3.8, 4) is 5.75 Å². The summed E-state index contributed by atoms with van der Waals surface area (Å²) in [6.07, 6.45) is 6.35. The van der Waals surface area contributed by atoms with Crippen LogP contribution in [0.4, 0.5) is 0 Å². The van der Waals surface area contributed by atoms with Gasteiger partial charge in [-0.2, -0.15) is 0 Å². The van der Waals surface area contributed by atoms with Crippen LogP contribution in [-0.4, -0.2) is 65.6 Å². The van der Waals surface area contributed by atoms with E-state index in [4.69, 9.17) is 9.47 Å². The van der Waals surface area contributed by atoms with Crippen molar-refractivity contribution < 1.29 is 14.3 Å². The molecule has 0 N–H and O–H groups in total. The Kier molecular flexibility index (Phi) is 8.17. The van der Waals surface area contributed by atoms with Crippen molar-refractivity contribution in [3.63, 3.8) is 0 Å². The SMILES string of the molecule is Cc1nc(COc2ccc(/C=C/C(=O)N3CCC(CN4CC(C)OC(C)C4)CC3)cc2)cs1. The molecule has 0 spiro atoms. The zero-order chi connectivity index (χ0) is 23.2. The van der Waals surface area contributed by atoms with Crippen molar-refractivity contribution in [1.82, 2.24) is 14.8 Å². The van der Waals surface area contributed by atoms with Crippen LogP contribution in [0.2, 0.25) is 0 Å². The molecule has 1 amide bonds. The summed E-state index contributed by atoms with van der Waals surface area (Å²) in [7, 11) is 0. The molecule has 0 saturated carbocycles. The number of hydrogen-bond acceptors (Lipinski definition) is 6. The van der Waals surface area contributed by atoms with Gasteiger partial charge in [-0.1, -0.05) is 12.1 Å². The third-order valence-corrected chi connectivity index (χ3v) is 7.11. The predicted molar refractivity (Wildman–Crippen MR) is 132 cm³/mol. The first kappa shape index (κ1) is 23.9. The zero-order valence-corrected chi connectivity index (χ0v) is 20.7. The van der Waals surface area contributed by atoms with Crippen molar-refractivity contribution in [3.05, 3.63) is 52.0 Å². The van der Waals surface area contributed by atoms with Crippen molar-refractivity contribution in [2.75, 3.05) is 32.7 Å². The number of aryl methyl sites for hydroxylation is 1. The van der Waals surface area contributed by atoms with E-state index in [1.807, 2.05) is 47.5 Å². The Labute approximate surface area is 201 Å². The normalized spacial score (nSPS) is 22.7. The zero-order valence-electron chi connectivity index (χ0n) is 19.9. The molecule has 2 aliphatic heterocycles. The largest absolute Gasteiger partial charge is 0.487 e. The number of nitrogens with zero attached hydrogens (tertiary/aromatic N) is 3. The summed E-state index contributed by atoms with van der Waals surface area (Å²) in [6.45, 7) is 11.6. The number of thiazole rings is 1. The van der Waals surface area contributed by atoms with Crippen molar-refractivity contribution in [2.24, 2.45) is 5.92 Å². The van der Waals surface area contributed by atoms with E-state index < -0.39 is 0 Å². The fraction of sp³-hybridized carbons (Fsp3) is 0.538. The van der Waals surface area contributed by atoms with Crippen LogP contribution in [0.5, 0.6) is 5.75 Å². The minimum absolute atomic E-state index is 0.0984. The fourth-order valence-electron chi connectivity index (χ4n) is 4.71. The number of amides is 1. The van der Waals surface area contributed by atoms with Gasteiger partial charge in [0.2, 0.25) is 5.91 Å². The fourth-order valence-corrected chi connectivity index (χ4v) is 5.31. The van der Waals surface area contributed by atoms with E-state index in [0.29, 0.717) is 24.7 Å². The molecule has 178 valence electrons. The van der Waals surface area contributed by atoms with Gasteiger partial charge in [0, 0.05) is 44.2 Å². The van der Waals surface area contributed by atoms with Crippen LogP contribution in [0.1, 0.15) is 43.0 Å². The van der Waals surface area contributed by atoms with E-state index in [0.717, 1.165) is 67.6 Å². The maximum absolute atomic E-state index is 12.7. The molecule has 0 aliphatic carbocycles. The van der Waals surface area contributed by atoms with Gasteiger partial charge in [0.15, 0.2) is 0 Å². The summed E-state index contributed by atoms with van der Waals surface area (Å²) in [5.41, 5.74) is 1.94. The van der Waals surface area contributed by atoms with Crippen LogP contribution >= 0.6 is 11.3 Å². The molecule has 6 nitrogen and oxygen atoms in total. The number of carbonyl (C=O) groups excluding carboxylic acids is 1. The Morgan fingerprint density at radius 1 is 1.18 bits per heavy atom. The van der Waals surface area contributed by atoms with E-state index in [9.17, 15) is 4.79 Å². The molecule has 4 rings (SSSR count). The van der Waals surface area contributed by atoms with Gasteiger partial charge in [0.25, 0.3) is 0 Å². The minimum Gasteiger partial charge on any atom is -0.487 e. The first-order chi connectivity index (χ1) is 15.9. The summed E-state index contributed by atoms with van der Waals surface area (Å²) in [5.74, 6) is 1.56. The summed E-state index contributed by atoms with van der Waals surface area (Å²) in [6, 6.07) is 7.81. The average molecular weight is 470 g/mol. The van der Waals surface area contributed by atoms with Crippen molar-refractivity contribution >= 4 is 23.3 Å².